The van der Waals surface area contributed by atoms with Crippen molar-refractivity contribution >= 4 is 22.4 Å². The van der Waals surface area contributed by atoms with E-state index in [9.17, 15) is 9.18 Å². The molecule has 108 valence electrons. The van der Waals surface area contributed by atoms with Crippen LogP contribution in [0, 0.1) is 24.6 Å². The molecule has 2 N–H and O–H groups in total. The van der Waals surface area contributed by atoms with E-state index in [0.29, 0.717) is 5.13 Å². The molecule has 0 saturated heterocycles. The van der Waals surface area contributed by atoms with Gasteiger partial charge in [-0.15, -0.1) is 10.2 Å². The first-order valence-electron chi connectivity index (χ1n) is 6.11. The molecule has 2 aromatic rings. The zero-order chi connectivity index (χ0) is 15.2. The summed E-state index contributed by atoms with van der Waals surface area (Å²) >= 11 is 1.24. The molecule has 0 fully saturated rings. The van der Waals surface area contributed by atoms with Gasteiger partial charge in [0, 0.05) is 12.0 Å². The smallest absolute Gasteiger partial charge is 0.257 e. The molecule has 21 heavy (non-hydrogen) atoms. The Morgan fingerprint density at radius 3 is 2.90 bits per heavy atom. The minimum atomic E-state index is -0.582. The number of amides is 1. The molecule has 1 aromatic heterocycles. The molecule has 0 aliphatic heterocycles. The lowest BCUT2D eigenvalue weighted by Crippen LogP contribution is -2.12. The molecule has 0 aliphatic carbocycles. The van der Waals surface area contributed by atoms with E-state index in [2.05, 4.69) is 27.4 Å². The Kier molecular flexibility index (Phi) is 4.98. The molecule has 7 heteroatoms. The highest BCUT2D eigenvalue weighted by Crippen LogP contribution is 2.16. The zero-order valence-corrected chi connectivity index (χ0v) is 12.0. The number of aryl methyl sites for hydroxylation is 1. The quantitative estimate of drug-likeness (QED) is 0.850. The van der Waals surface area contributed by atoms with Crippen molar-refractivity contribution in [1.29, 1.82) is 0 Å². The average molecular weight is 305 g/mol. The van der Waals surface area contributed by atoms with E-state index in [1.807, 2.05) is 0 Å². The van der Waals surface area contributed by atoms with E-state index in [1.54, 1.807) is 6.92 Å². The van der Waals surface area contributed by atoms with Crippen molar-refractivity contribution in [2.45, 2.75) is 13.3 Å². The van der Waals surface area contributed by atoms with Crippen molar-refractivity contribution in [2.24, 2.45) is 0 Å². The zero-order valence-electron chi connectivity index (χ0n) is 11.2. The van der Waals surface area contributed by atoms with Gasteiger partial charge in [0.25, 0.3) is 5.91 Å². The van der Waals surface area contributed by atoms with Gasteiger partial charge in [-0.3, -0.25) is 10.1 Å². The van der Waals surface area contributed by atoms with Gasteiger partial charge in [0.05, 0.1) is 12.2 Å². The van der Waals surface area contributed by atoms with Crippen molar-refractivity contribution in [3.8, 4) is 11.8 Å². The second kappa shape index (κ2) is 6.92. The van der Waals surface area contributed by atoms with Crippen LogP contribution in [0.4, 0.5) is 9.52 Å². The number of aliphatic hydroxyl groups is 1. The summed E-state index contributed by atoms with van der Waals surface area (Å²) in [5.41, 5.74) is 0.361. The molecule has 5 nitrogen and oxygen atoms in total. The number of hydrogen-bond donors (Lipinski definition) is 2. The summed E-state index contributed by atoms with van der Waals surface area (Å²) in [7, 11) is 0. The van der Waals surface area contributed by atoms with Gasteiger partial charge in [-0.25, -0.2) is 4.39 Å². The molecule has 0 aliphatic rings. The van der Waals surface area contributed by atoms with Gasteiger partial charge in [0.1, 0.15) is 10.8 Å². The second-order valence-corrected chi connectivity index (χ2v) is 5.23. The highest BCUT2D eigenvalue weighted by atomic mass is 32.1. The molecule has 1 heterocycles. The Balaban J connectivity index is 2.12. The monoisotopic (exact) mass is 305 g/mol. The lowest BCUT2D eigenvalue weighted by atomic mass is 10.1. The number of nitrogens with one attached hydrogen (secondary N) is 1. The Hall–Kier alpha value is -2.30. The predicted molar refractivity (Wildman–Crippen MR) is 77.6 cm³/mol. The van der Waals surface area contributed by atoms with Crippen LogP contribution in [-0.2, 0) is 0 Å². The molecular weight excluding hydrogens is 293 g/mol. The standard InChI is InChI=1S/C14H12FN3O2S/c1-9-17-18-14(21-9)16-13(20)11-6-5-10(12(15)8-11)4-2-3-7-19/h5-6,8,19H,3,7H2,1H3,(H,16,18,20). The molecule has 1 amide bonds. The first-order chi connectivity index (χ1) is 10.1. The van der Waals surface area contributed by atoms with Gasteiger partial charge in [0.15, 0.2) is 0 Å². The van der Waals surface area contributed by atoms with Crippen LogP contribution in [0.25, 0.3) is 0 Å². The van der Waals surface area contributed by atoms with E-state index >= 15 is 0 Å². The molecule has 0 bridgehead atoms. The van der Waals surface area contributed by atoms with Gasteiger partial charge in [-0.2, -0.15) is 0 Å². The minimum Gasteiger partial charge on any atom is -0.395 e. The maximum Gasteiger partial charge on any atom is 0.257 e. The number of benzene rings is 1. The summed E-state index contributed by atoms with van der Waals surface area (Å²) in [6, 6.07) is 4.03. The number of carbonyl (C=O) groups is 1. The van der Waals surface area contributed by atoms with Gasteiger partial charge >= 0.3 is 0 Å². The largest absolute Gasteiger partial charge is 0.395 e. The molecule has 0 radical (unpaired) electrons. The van der Waals surface area contributed by atoms with Crippen LogP contribution in [0.2, 0.25) is 0 Å². The highest BCUT2D eigenvalue weighted by Gasteiger charge is 2.11. The van der Waals surface area contributed by atoms with Crippen molar-refractivity contribution in [2.75, 3.05) is 11.9 Å². The summed E-state index contributed by atoms with van der Waals surface area (Å²) in [4.78, 5) is 11.9. The van der Waals surface area contributed by atoms with Crippen molar-refractivity contribution in [1.82, 2.24) is 10.2 Å². The molecule has 1 aromatic carbocycles. The SMILES string of the molecule is Cc1nnc(NC(=O)c2ccc(C#CCCO)c(F)c2)s1. The van der Waals surface area contributed by atoms with Crippen LogP contribution >= 0.6 is 11.3 Å². The highest BCUT2D eigenvalue weighted by molar-refractivity contribution is 7.15. The first-order valence-corrected chi connectivity index (χ1v) is 6.92. The Morgan fingerprint density at radius 1 is 1.48 bits per heavy atom. The van der Waals surface area contributed by atoms with E-state index in [4.69, 9.17) is 5.11 Å². The molecule has 0 saturated carbocycles. The third-order valence-corrected chi connectivity index (χ3v) is 3.19. The maximum atomic E-state index is 13.8. The summed E-state index contributed by atoms with van der Waals surface area (Å²) in [5.74, 6) is 4.18. The second-order valence-electron chi connectivity index (χ2n) is 4.05. The summed E-state index contributed by atoms with van der Waals surface area (Å²) in [6.07, 6.45) is 0.276. The molecular formula is C14H12FN3O2S. The number of carbonyl (C=O) groups excluding carboxylic acids is 1. The fourth-order valence-electron chi connectivity index (χ4n) is 1.49. The predicted octanol–water partition coefficient (Wildman–Crippen LogP) is 1.97. The summed E-state index contributed by atoms with van der Waals surface area (Å²) < 4.78 is 13.8. The fourth-order valence-corrected chi connectivity index (χ4v) is 2.07. The van der Waals surface area contributed by atoms with E-state index in [1.165, 1.54) is 23.5 Å². The van der Waals surface area contributed by atoms with Crippen molar-refractivity contribution in [3.05, 3.63) is 40.2 Å². The Morgan fingerprint density at radius 2 is 2.29 bits per heavy atom. The minimum absolute atomic E-state index is 0.0730. The van der Waals surface area contributed by atoms with Crippen LogP contribution in [-0.4, -0.2) is 27.8 Å². The molecule has 0 spiro atoms. The lowest BCUT2D eigenvalue weighted by Gasteiger charge is -2.02. The van der Waals surface area contributed by atoms with Gasteiger partial charge < -0.3 is 5.11 Å². The van der Waals surface area contributed by atoms with E-state index < -0.39 is 11.7 Å². The number of anilines is 1. The summed E-state index contributed by atoms with van der Waals surface area (Å²) in [5, 5.41) is 19.8. The molecule has 0 atom stereocenters. The van der Waals surface area contributed by atoms with Crippen LogP contribution in [0.1, 0.15) is 27.3 Å². The first kappa shape index (κ1) is 15.1. The van der Waals surface area contributed by atoms with Gasteiger partial charge in [-0.1, -0.05) is 23.2 Å². The van der Waals surface area contributed by atoms with Crippen LogP contribution in [0.5, 0.6) is 0 Å². The number of aliphatic hydroxyl groups excluding tert-OH is 1. The fraction of sp³-hybridized carbons (Fsp3) is 0.214. The third-order valence-electron chi connectivity index (χ3n) is 2.44. The van der Waals surface area contributed by atoms with Gasteiger partial charge in [-0.05, 0) is 25.1 Å². The van der Waals surface area contributed by atoms with Crippen LogP contribution < -0.4 is 5.32 Å². The van der Waals surface area contributed by atoms with E-state index in [-0.39, 0.29) is 24.2 Å². The Labute approximate surface area is 124 Å². The number of rotatable bonds is 3. The molecule has 0 unspecified atom stereocenters. The van der Waals surface area contributed by atoms with Crippen LogP contribution in [0.3, 0.4) is 0 Å². The lowest BCUT2D eigenvalue weighted by molar-refractivity contribution is 0.102. The normalized spacial score (nSPS) is 9.86. The Bertz CT molecular complexity index is 718. The summed E-state index contributed by atoms with van der Waals surface area (Å²) in [6.45, 7) is 1.70. The van der Waals surface area contributed by atoms with Crippen molar-refractivity contribution in [3.63, 3.8) is 0 Å². The number of nitrogens with zero attached hydrogens (tertiary/aromatic N) is 2. The number of halogens is 1. The van der Waals surface area contributed by atoms with Gasteiger partial charge in [0.2, 0.25) is 5.13 Å². The average Bonchev–Trinajstić information content (AvgIpc) is 2.86. The number of hydrogen-bond acceptors (Lipinski definition) is 5. The number of aromatic nitrogens is 2. The third kappa shape index (κ3) is 4.08. The van der Waals surface area contributed by atoms with E-state index in [0.717, 1.165) is 11.1 Å². The topological polar surface area (TPSA) is 75.1 Å². The van der Waals surface area contributed by atoms with Crippen LogP contribution in [0.15, 0.2) is 18.2 Å². The van der Waals surface area contributed by atoms with Crippen molar-refractivity contribution < 1.29 is 14.3 Å². The maximum absolute atomic E-state index is 13.8. The molecule has 2 rings (SSSR count).